The van der Waals surface area contributed by atoms with E-state index in [0.717, 1.165) is 123 Å². The molecular weight excluding hydrogens is 644 g/mol. The summed E-state index contributed by atoms with van der Waals surface area (Å²) in [5, 5.41) is 11.5. The first kappa shape index (κ1) is 33.4. The molecule has 3 aliphatic rings. The zero-order chi connectivity index (χ0) is 35.2. The number of nitrogens with one attached hydrogen (secondary N) is 2. The van der Waals surface area contributed by atoms with Crippen LogP contribution in [0, 0.1) is 24.5 Å². The Morgan fingerprint density at radius 3 is 2.51 bits per heavy atom. The average Bonchev–Trinajstić information content (AvgIpc) is 3.62. The minimum atomic E-state index is -0.549. The number of hydrogen-bond donors (Lipinski definition) is 2. The maximum atomic E-state index is 13.6. The van der Waals surface area contributed by atoms with Gasteiger partial charge in [-0.05, 0) is 87.4 Å². The maximum Gasteiger partial charge on any atom is 0.208 e. The second-order valence-electron chi connectivity index (χ2n) is 14.8. The van der Waals surface area contributed by atoms with Crippen LogP contribution in [0.4, 0.5) is 26.1 Å². The van der Waals surface area contributed by atoms with Crippen LogP contribution in [0.3, 0.4) is 0 Å². The van der Waals surface area contributed by atoms with E-state index >= 15 is 0 Å². The van der Waals surface area contributed by atoms with Crippen molar-refractivity contribution in [2.24, 2.45) is 13.0 Å². The van der Waals surface area contributed by atoms with Crippen molar-refractivity contribution >= 4 is 34.1 Å². The number of rotatable bonds is 4. The number of pyridine rings is 1. The zero-order valence-electron chi connectivity index (χ0n) is 29.8. The van der Waals surface area contributed by atoms with Crippen LogP contribution in [0.2, 0.25) is 0 Å². The molecule has 0 radical (unpaired) electrons. The predicted octanol–water partition coefficient (Wildman–Crippen LogP) is 7.63. The van der Waals surface area contributed by atoms with Crippen molar-refractivity contribution in [3.8, 4) is 11.3 Å². The van der Waals surface area contributed by atoms with Crippen LogP contribution in [-0.2, 0) is 20.0 Å². The van der Waals surface area contributed by atoms with Gasteiger partial charge in [-0.15, -0.1) is 0 Å². The fraction of sp³-hybridized carbons (Fsp3) is 0.425. The molecule has 2 fully saturated rings. The van der Waals surface area contributed by atoms with Gasteiger partial charge in [0.15, 0.2) is 0 Å². The molecule has 0 spiro atoms. The van der Waals surface area contributed by atoms with Gasteiger partial charge in [0.1, 0.15) is 11.6 Å². The summed E-state index contributed by atoms with van der Waals surface area (Å²) in [6.07, 6.45) is 8.22. The highest BCUT2D eigenvalue weighted by atomic mass is 19.1. The average molecular weight is 692 g/mol. The van der Waals surface area contributed by atoms with E-state index in [9.17, 15) is 8.78 Å². The van der Waals surface area contributed by atoms with Crippen molar-refractivity contribution in [3.63, 3.8) is 0 Å². The van der Waals surface area contributed by atoms with Crippen LogP contribution in [0.1, 0.15) is 56.0 Å². The maximum absolute atomic E-state index is 13.6. The van der Waals surface area contributed by atoms with Gasteiger partial charge in [-0.25, -0.2) is 13.8 Å². The molecule has 3 aromatic heterocycles. The van der Waals surface area contributed by atoms with Crippen LogP contribution >= 0.6 is 0 Å². The lowest BCUT2D eigenvalue weighted by atomic mass is 9.85. The molecule has 8 rings (SSSR count). The molecular formula is C40H47F2N9. The molecule has 2 aliphatic heterocycles. The van der Waals surface area contributed by atoms with E-state index in [-0.39, 0.29) is 6.04 Å². The van der Waals surface area contributed by atoms with Crippen molar-refractivity contribution in [1.82, 2.24) is 29.2 Å². The summed E-state index contributed by atoms with van der Waals surface area (Å²) >= 11 is 0. The van der Waals surface area contributed by atoms with E-state index < -0.39 is 11.6 Å². The van der Waals surface area contributed by atoms with E-state index in [0.29, 0.717) is 17.6 Å². The lowest BCUT2D eigenvalue weighted by Crippen LogP contribution is -2.56. The monoisotopic (exact) mass is 691 g/mol. The Bertz CT molecular complexity index is 2050. The highest BCUT2D eigenvalue weighted by Crippen LogP contribution is 2.34. The van der Waals surface area contributed by atoms with Gasteiger partial charge in [-0.2, -0.15) is 5.10 Å². The Morgan fingerprint density at radius 1 is 0.941 bits per heavy atom. The first-order valence-electron chi connectivity index (χ1n) is 18.3. The fourth-order valence-corrected chi connectivity index (χ4v) is 8.16. The van der Waals surface area contributed by atoms with Gasteiger partial charge in [0.2, 0.25) is 5.95 Å². The molecule has 5 heterocycles. The van der Waals surface area contributed by atoms with E-state index in [4.69, 9.17) is 9.97 Å². The highest BCUT2D eigenvalue weighted by molar-refractivity contribution is 5.85. The molecule has 51 heavy (non-hydrogen) atoms. The van der Waals surface area contributed by atoms with Crippen LogP contribution < -0.4 is 15.5 Å². The summed E-state index contributed by atoms with van der Waals surface area (Å²) in [6.45, 7) is 13.6. The van der Waals surface area contributed by atoms with Gasteiger partial charge in [-0.1, -0.05) is 19.9 Å². The third kappa shape index (κ3) is 6.96. The molecule has 1 atom stereocenters. The van der Waals surface area contributed by atoms with Crippen LogP contribution in [0.5, 0.6) is 0 Å². The second-order valence-corrected chi connectivity index (χ2v) is 14.8. The van der Waals surface area contributed by atoms with Crippen molar-refractivity contribution in [3.05, 3.63) is 89.9 Å². The minimum Gasteiger partial charge on any atom is -0.382 e. The number of anilines is 3. The Morgan fingerprint density at radius 2 is 1.73 bits per heavy atom. The Balaban J connectivity index is 0.987. The molecule has 2 N–H and O–H groups in total. The van der Waals surface area contributed by atoms with Crippen molar-refractivity contribution < 1.29 is 8.78 Å². The molecule has 0 amide bonds. The summed E-state index contributed by atoms with van der Waals surface area (Å²) in [6, 6.07) is 15.2. The van der Waals surface area contributed by atoms with Crippen LogP contribution in [0.25, 0.3) is 28.0 Å². The van der Waals surface area contributed by atoms with Crippen LogP contribution in [0.15, 0.2) is 61.3 Å². The number of aryl methyl sites for hydroxylation is 2. The number of halogens is 2. The number of fused-ring (bicyclic) bond motifs is 7. The van der Waals surface area contributed by atoms with Gasteiger partial charge < -0.3 is 20.1 Å². The summed E-state index contributed by atoms with van der Waals surface area (Å²) in [5.74, 6) is 0.177. The SMILES string of the molecule is C=C1Nc2nc3ccc(N4CCN(C5CC(Nc6cc(F)cc(F)c6)C5)CC4)cc3n2C[C@H](C)CCCCc2c(cnn2C)-c2cc1cc(C)n2. The molecule has 5 aromatic rings. The number of nitrogens with zero attached hydrogens (tertiary/aromatic N) is 7. The van der Waals surface area contributed by atoms with Gasteiger partial charge >= 0.3 is 0 Å². The molecule has 266 valence electrons. The largest absolute Gasteiger partial charge is 0.382 e. The van der Waals surface area contributed by atoms with E-state index in [1.165, 1.54) is 23.5 Å². The first-order valence-corrected chi connectivity index (χ1v) is 18.3. The molecule has 1 saturated heterocycles. The zero-order valence-corrected chi connectivity index (χ0v) is 29.8. The lowest BCUT2D eigenvalue weighted by molar-refractivity contribution is 0.110. The summed E-state index contributed by atoms with van der Waals surface area (Å²) in [7, 11) is 2.02. The summed E-state index contributed by atoms with van der Waals surface area (Å²) in [4.78, 5) is 15.0. The fourth-order valence-electron chi connectivity index (χ4n) is 8.16. The lowest BCUT2D eigenvalue weighted by Gasteiger charge is -2.47. The number of imidazole rings is 1. The highest BCUT2D eigenvalue weighted by Gasteiger charge is 2.35. The molecule has 1 aliphatic carbocycles. The number of aromatic nitrogens is 5. The normalized spacial score (nSPS) is 21.6. The Labute approximate surface area is 298 Å². The topological polar surface area (TPSA) is 79.1 Å². The van der Waals surface area contributed by atoms with Gasteiger partial charge in [0.05, 0.1) is 22.9 Å². The summed E-state index contributed by atoms with van der Waals surface area (Å²) in [5.41, 5.74) is 9.79. The van der Waals surface area contributed by atoms with Crippen LogP contribution in [-0.4, -0.2) is 67.5 Å². The Hall–Kier alpha value is -4.77. The predicted molar refractivity (Wildman–Crippen MR) is 201 cm³/mol. The molecule has 9 nitrogen and oxygen atoms in total. The van der Waals surface area contributed by atoms with Gasteiger partial charge in [-0.3, -0.25) is 14.6 Å². The first-order chi connectivity index (χ1) is 24.7. The number of piperazine rings is 1. The molecule has 11 heteroatoms. The minimum absolute atomic E-state index is 0.240. The standard InChI is InChI=1S/C40H47F2N9/c1-25-7-5-6-8-38-35(23-43-48(38)4)37-16-28(15-26(2)44-37)27(3)45-40-47-36-10-9-33(22-39(36)51(40)24-25)49-11-13-50(14-12-49)34-20-32(21-34)46-31-18-29(41)17-30(42)19-31/h9-10,15-19,22-23,25,32,34,46H,3,5-8,11-14,20-21,24H2,1-2,4H3,(H,45,47)/t25-,32?,34?/m1/s1. The number of hydrogen-bond acceptors (Lipinski definition) is 7. The molecule has 2 bridgehead atoms. The Kier molecular flexibility index (Phi) is 9.00. The van der Waals surface area contributed by atoms with Gasteiger partial charge in [0.25, 0.3) is 0 Å². The number of benzene rings is 2. The molecule has 0 unspecified atom stereocenters. The van der Waals surface area contributed by atoms with E-state index in [1.54, 1.807) is 0 Å². The molecule has 2 aromatic carbocycles. The third-order valence-electron chi connectivity index (χ3n) is 11.0. The van der Waals surface area contributed by atoms with Crippen molar-refractivity contribution in [2.75, 3.05) is 41.7 Å². The van der Waals surface area contributed by atoms with Crippen molar-refractivity contribution in [2.45, 2.75) is 71.0 Å². The van der Waals surface area contributed by atoms with Crippen molar-refractivity contribution in [1.29, 1.82) is 0 Å². The third-order valence-corrected chi connectivity index (χ3v) is 11.0. The molecule has 1 saturated carbocycles. The quantitative estimate of drug-likeness (QED) is 0.201. The second kappa shape index (κ2) is 13.7. The van der Waals surface area contributed by atoms with E-state index in [1.807, 2.05) is 24.9 Å². The van der Waals surface area contributed by atoms with Gasteiger partial charge in [0, 0.05) is 97.5 Å². The van der Waals surface area contributed by atoms with E-state index in [2.05, 4.69) is 73.9 Å². The summed E-state index contributed by atoms with van der Waals surface area (Å²) < 4.78 is 31.6. The smallest absolute Gasteiger partial charge is 0.208 e.